The highest BCUT2D eigenvalue weighted by atomic mass is 35.5. The van der Waals surface area contributed by atoms with Crippen LogP contribution in [0.3, 0.4) is 0 Å². The van der Waals surface area contributed by atoms with E-state index in [1.807, 2.05) is 0 Å². The van der Waals surface area contributed by atoms with Crippen LogP contribution in [0.2, 0.25) is 5.02 Å². The van der Waals surface area contributed by atoms with Gasteiger partial charge >= 0.3 is 6.18 Å². The van der Waals surface area contributed by atoms with Crippen molar-refractivity contribution in [3.05, 3.63) is 16.4 Å². The number of alkyl halides is 3. The van der Waals surface area contributed by atoms with Gasteiger partial charge in [0.25, 0.3) is 0 Å². The predicted molar refractivity (Wildman–Crippen MR) is 78.8 cm³/mol. The Morgan fingerprint density at radius 3 is 2.50 bits per heavy atom. The van der Waals surface area contributed by atoms with Gasteiger partial charge in [0, 0.05) is 6.54 Å². The van der Waals surface area contributed by atoms with Crippen molar-refractivity contribution in [3.8, 4) is 0 Å². The quantitative estimate of drug-likeness (QED) is 0.759. The summed E-state index contributed by atoms with van der Waals surface area (Å²) in [6.45, 7) is 5.50. The fraction of sp³-hybridized carbons (Fsp3) is 0.714. The third-order valence-corrected chi connectivity index (χ3v) is 3.87. The standard InChI is InChI=1S/C14H21ClF3N3O/c1-4-5-6-7-8-19-13(22)10(3)21-9(2)11(15)12(20-21)14(16,17)18/h10H,4-8H2,1-3H3,(H,19,22). The van der Waals surface area contributed by atoms with Gasteiger partial charge in [-0.2, -0.15) is 18.3 Å². The van der Waals surface area contributed by atoms with Crippen molar-refractivity contribution >= 4 is 17.5 Å². The minimum atomic E-state index is -4.64. The molecule has 0 saturated carbocycles. The molecule has 1 heterocycles. The van der Waals surface area contributed by atoms with Gasteiger partial charge in [0.1, 0.15) is 6.04 Å². The first kappa shape index (κ1) is 18.8. The monoisotopic (exact) mass is 339 g/mol. The van der Waals surface area contributed by atoms with Crippen LogP contribution in [0.25, 0.3) is 0 Å². The molecule has 22 heavy (non-hydrogen) atoms. The van der Waals surface area contributed by atoms with E-state index in [4.69, 9.17) is 11.6 Å². The van der Waals surface area contributed by atoms with E-state index in [0.717, 1.165) is 30.4 Å². The second-order valence-electron chi connectivity index (χ2n) is 5.22. The maximum absolute atomic E-state index is 12.8. The molecule has 126 valence electrons. The van der Waals surface area contributed by atoms with Gasteiger partial charge in [0.15, 0.2) is 5.69 Å². The van der Waals surface area contributed by atoms with E-state index in [9.17, 15) is 18.0 Å². The van der Waals surface area contributed by atoms with Gasteiger partial charge in [0.2, 0.25) is 5.91 Å². The number of carbonyl (C=O) groups excluding carboxylic acids is 1. The minimum Gasteiger partial charge on any atom is -0.354 e. The molecule has 0 aromatic carbocycles. The summed E-state index contributed by atoms with van der Waals surface area (Å²) in [6.07, 6.45) is -0.595. The van der Waals surface area contributed by atoms with Crippen molar-refractivity contribution in [1.82, 2.24) is 15.1 Å². The van der Waals surface area contributed by atoms with Crippen LogP contribution in [0.15, 0.2) is 0 Å². The molecule has 4 nitrogen and oxygen atoms in total. The van der Waals surface area contributed by atoms with Crippen molar-refractivity contribution in [2.45, 2.75) is 58.7 Å². The number of carbonyl (C=O) groups is 1. The zero-order valence-electron chi connectivity index (χ0n) is 12.9. The lowest BCUT2D eigenvalue weighted by atomic mass is 10.2. The molecule has 0 aliphatic carbocycles. The lowest BCUT2D eigenvalue weighted by Crippen LogP contribution is -2.32. The highest BCUT2D eigenvalue weighted by Gasteiger charge is 2.39. The normalized spacial score (nSPS) is 13.2. The van der Waals surface area contributed by atoms with Gasteiger partial charge in [-0.1, -0.05) is 37.8 Å². The third-order valence-electron chi connectivity index (χ3n) is 3.42. The Balaban J connectivity index is 2.73. The molecule has 1 atom stereocenters. The zero-order chi connectivity index (χ0) is 16.9. The molecule has 1 N–H and O–H groups in total. The summed E-state index contributed by atoms with van der Waals surface area (Å²) in [6, 6.07) is -0.847. The smallest absolute Gasteiger partial charge is 0.354 e. The number of aromatic nitrogens is 2. The fourth-order valence-corrected chi connectivity index (χ4v) is 2.31. The molecule has 0 aliphatic heterocycles. The molecule has 0 saturated heterocycles. The summed E-state index contributed by atoms with van der Waals surface area (Å²) in [4.78, 5) is 12.0. The maximum Gasteiger partial charge on any atom is 0.436 e. The molecule has 0 spiro atoms. The Kier molecular flexibility index (Phi) is 6.71. The second-order valence-corrected chi connectivity index (χ2v) is 5.60. The highest BCUT2D eigenvalue weighted by Crippen LogP contribution is 2.36. The molecular weight excluding hydrogens is 319 g/mol. The van der Waals surface area contributed by atoms with Crippen molar-refractivity contribution in [2.24, 2.45) is 0 Å². The Labute approximate surface area is 133 Å². The second kappa shape index (κ2) is 7.85. The first-order chi connectivity index (χ1) is 10.2. The molecule has 0 fully saturated rings. The van der Waals surface area contributed by atoms with Crippen LogP contribution in [0.1, 0.15) is 57.0 Å². The molecule has 0 aliphatic rings. The van der Waals surface area contributed by atoms with Crippen LogP contribution in [-0.4, -0.2) is 22.2 Å². The van der Waals surface area contributed by atoms with Crippen molar-refractivity contribution in [1.29, 1.82) is 0 Å². The predicted octanol–water partition coefficient (Wildman–Crippen LogP) is 4.12. The summed E-state index contributed by atoms with van der Waals surface area (Å²) >= 11 is 5.67. The number of nitrogens with one attached hydrogen (secondary N) is 1. The molecule has 0 radical (unpaired) electrons. The molecule has 1 rings (SSSR count). The van der Waals surface area contributed by atoms with Gasteiger partial charge in [-0.3, -0.25) is 9.48 Å². The van der Waals surface area contributed by atoms with Crippen LogP contribution in [0.4, 0.5) is 13.2 Å². The number of hydrogen-bond donors (Lipinski definition) is 1. The van der Waals surface area contributed by atoms with Crippen LogP contribution >= 0.6 is 11.6 Å². The number of amides is 1. The minimum absolute atomic E-state index is 0.127. The number of hydrogen-bond acceptors (Lipinski definition) is 2. The van der Waals surface area contributed by atoms with Gasteiger partial charge in [-0.05, 0) is 20.3 Å². The van der Waals surface area contributed by atoms with Crippen molar-refractivity contribution in [3.63, 3.8) is 0 Å². The Hall–Kier alpha value is -1.24. The summed E-state index contributed by atoms with van der Waals surface area (Å²) < 4.78 is 39.3. The molecule has 1 aromatic heterocycles. The maximum atomic E-state index is 12.8. The number of nitrogens with zero attached hydrogens (tertiary/aromatic N) is 2. The molecular formula is C14H21ClF3N3O. The van der Waals surface area contributed by atoms with E-state index in [2.05, 4.69) is 17.3 Å². The van der Waals surface area contributed by atoms with Gasteiger partial charge in [-0.25, -0.2) is 0 Å². The summed E-state index contributed by atoms with van der Waals surface area (Å²) in [7, 11) is 0. The summed E-state index contributed by atoms with van der Waals surface area (Å²) in [5.41, 5.74) is -1.03. The first-order valence-electron chi connectivity index (χ1n) is 7.29. The number of unbranched alkanes of at least 4 members (excludes halogenated alkanes) is 3. The molecule has 1 aromatic rings. The van der Waals surface area contributed by atoms with Gasteiger partial charge in [0.05, 0.1) is 10.7 Å². The number of rotatable bonds is 7. The SMILES string of the molecule is CCCCCCNC(=O)C(C)n1nc(C(F)(F)F)c(Cl)c1C. The van der Waals surface area contributed by atoms with E-state index in [0.29, 0.717) is 6.54 Å². The van der Waals surface area contributed by atoms with Gasteiger partial charge < -0.3 is 5.32 Å². The topological polar surface area (TPSA) is 46.9 Å². The van der Waals surface area contributed by atoms with Crippen LogP contribution in [-0.2, 0) is 11.0 Å². The summed E-state index contributed by atoms with van der Waals surface area (Å²) in [5.74, 6) is -0.368. The van der Waals surface area contributed by atoms with Gasteiger partial charge in [-0.15, -0.1) is 0 Å². The average Bonchev–Trinajstić information content (AvgIpc) is 2.74. The van der Waals surface area contributed by atoms with Crippen molar-refractivity contribution in [2.75, 3.05) is 6.54 Å². The first-order valence-corrected chi connectivity index (χ1v) is 7.67. The molecule has 1 unspecified atom stereocenters. The molecule has 1 amide bonds. The van der Waals surface area contributed by atoms with Crippen molar-refractivity contribution < 1.29 is 18.0 Å². The van der Waals surface area contributed by atoms with Crippen LogP contribution in [0, 0.1) is 6.92 Å². The van der Waals surface area contributed by atoms with E-state index in [-0.39, 0.29) is 11.6 Å². The molecule has 8 heteroatoms. The van der Waals surface area contributed by atoms with E-state index < -0.39 is 22.9 Å². The fourth-order valence-electron chi connectivity index (χ4n) is 2.08. The van der Waals surface area contributed by atoms with E-state index in [1.54, 1.807) is 0 Å². The Bertz CT molecular complexity index is 514. The average molecular weight is 340 g/mol. The largest absolute Gasteiger partial charge is 0.436 e. The van der Waals surface area contributed by atoms with Crippen LogP contribution < -0.4 is 5.32 Å². The number of halogens is 4. The lowest BCUT2D eigenvalue weighted by Gasteiger charge is -2.14. The van der Waals surface area contributed by atoms with Crippen LogP contribution in [0.5, 0.6) is 0 Å². The molecule has 0 bridgehead atoms. The Morgan fingerprint density at radius 1 is 1.36 bits per heavy atom. The Morgan fingerprint density at radius 2 is 2.00 bits per heavy atom. The third kappa shape index (κ3) is 4.63. The highest BCUT2D eigenvalue weighted by molar-refractivity contribution is 6.32. The summed E-state index contributed by atoms with van der Waals surface area (Å²) in [5, 5.41) is 5.71. The lowest BCUT2D eigenvalue weighted by molar-refractivity contribution is -0.141. The zero-order valence-corrected chi connectivity index (χ0v) is 13.7. The van der Waals surface area contributed by atoms with E-state index >= 15 is 0 Å². The van der Waals surface area contributed by atoms with E-state index in [1.165, 1.54) is 13.8 Å².